The van der Waals surface area contributed by atoms with E-state index in [4.69, 9.17) is 11.6 Å². The lowest BCUT2D eigenvalue weighted by atomic mass is 10.2. The second-order valence-electron chi connectivity index (χ2n) is 4.00. The molecule has 0 N–H and O–H groups in total. The first-order valence-corrected chi connectivity index (χ1v) is 5.92. The lowest BCUT2D eigenvalue weighted by Gasteiger charge is -2.19. The number of aromatic nitrogens is 3. The van der Waals surface area contributed by atoms with E-state index in [0.29, 0.717) is 5.88 Å². The Labute approximate surface area is 106 Å². The van der Waals surface area contributed by atoms with Crippen LogP contribution in [0.15, 0.2) is 30.7 Å². The number of halogens is 1. The molecular formula is C12H15ClN4. The maximum absolute atomic E-state index is 5.90. The molecule has 17 heavy (non-hydrogen) atoms. The molecule has 0 radical (unpaired) electrons. The molecule has 0 aliphatic carbocycles. The average molecular weight is 251 g/mol. The van der Waals surface area contributed by atoms with Gasteiger partial charge in [-0.2, -0.15) is 5.10 Å². The molecule has 0 saturated heterocycles. The van der Waals surface area contributed by atoms with Crippen LogP contribution in [0, 0.1) is 0 Å². The minimum absolute atomic E-state index is 0.473. The molecule has 90 valence electrons. The van der Waals surface area contributed by atoms with Crippen molar-refractivity contribution in [2.75, 3.05) is 11.9 Å². The Hall–Kier alpha value is -1.55. The highest BCUT2D eigenvalue weighted by Crippen LogP contribution is 2.19. The van der Waals surface area contributed by atoms with Gasteiger partial charge in [-0.3, -0.25) is 4.68 Å². The fraction of sp³-hybridized carbons (Fsp3) is 0.333. The molecule has 0 unspecified atom stereocenters. The fourth-order valence-electron chi connectivity index (χ4n) is 1.78. The quantitative estimate of drug-likeness (QED) is 0.780. The van der Waals surface area contributed by atoms with Crippen molar-refractivity contribution in [3.63, 3.8) is 0 Å². The highest BCUT2D eigenvalue weighted by molar-refractivity contribution is 6.17. The van der Waals surface area contributed by atoms with Gasteiger partial charge in [-0.05, 0) is 6.07 Å². The van der Waals surface area contributed by atoms with Crippen LogP contribution in [0.1, 0.15) is 11.1 Å². The Bertz CT molecular complexity index is 495. The molecule has 2 rings (SSSR count). The summed E-state index contributed by atoms with van der Waals surface area (Å²) < 4.78 is 1.80. The molecule has 2 heterocycles. The number of alkyl halides is 1. The third kappa shape index (κ3) is 2.77. The van der Waals surface area contributed by atoms with Gasteiger partial charge in [0.2, 0.25) is 0 Å². The van der Waals surface area contributed by atoms with E-state index in [0.717, 1.165) is 23.5 Å². The van der Waals surface area contributed by atoms with Crippen LogP contribution in [-0.2, 0) is 19.5 Å². The maximum atomic E-state index is 5.90. The molecular weight excluding hydrogens is 236 g/mol. The molecule has 0 atom stereocenters. The van der Waals surface area contributed by atoms with Crippen molar-refractivity contribution < 1.29 is 0 Å². The monoisotopic (exact) mass is 250 g/mol. The van der Waals surface area contributed by atoms with E-state index in [2.05, 4.69) is 15.0 Å². The van der Waals surface area contributed by atoms with Crippen molar-refractivity contribution in [1.82, 2.24) is 14.8 Å². The Morgan fingerprint density at radius 3 is 2.94 bits per heavy atom. The van der Waals surface area contributed by atoms with E-state index in [1.807, 2.05) is 38.6 Å². The molecule has 0 spiro atoms. The molecule has 0 bridgehead atoms. The summed E-state index contributed by atoms with van der Waals surface area (Å²) in [4.78, 5) is 6.44. The molecule has 0 amide bonds. The van der Waals surface area contributed by atoms with Crippen molar-refractivity contribution in [2.45, 2.75) is 12.4 Å². The average Bonchev–Trinajstić information content (AvgIpc) is 2.74. The van der Waals surface area contributed by atoms with E-state index in [9.17, 15) is 0 Å². The molecule has 0 fully saturated rings. The number of hydrogen-bond acceptors (Lipinski definition) is 3. The topological polar surface area (TPSA) is 34.0 Å². The second-order valence-corrected chi connectivity index (χ2v) is 4.27. The van der Waals surface area contributed by atoms with Crippen LogP contribution in [0.4, 0.5) is 5.82 Å². The van der Waals surface area contributed by atoms with E-state index < -0.39 is 0 Å². The zero-order chi connectivity index (χ0) is 12.3. The number of aryl methyl sites for hydroxylation is 1. The van der Waals surface area contributed by atoms with Crippen molar-refractivity contribution in [2.24, 2.45) is 7.05 Å². The van der Waals surface area contributed by atoms with Crippen LogP contribution >= 0.6 is 11.6 Å². The van der Waals surface area contributed by atoms with Crippen molar-refractivity contribution in [3.05, 3.63) is 41.9 Å². The van der Waals surface area contributed by atoms with Gasteiger partial charge in [-0.25, -0.2) is 4.98 Å². The second kappa shape index (κ2) is 5.19. The fourth-order valence-corrected chi connectivity index (χ4v) is 1.99. The molecule has 0 aliphatic rings. The largest absolute Gasteiger partial charge is 0.355 e. The number of hydrogen-bond donors (Lipinski definition) is 0. The van der Waals surface area contributed by atoms with Gasteiger partial charge in [0, 0.05) is 44.2 Å². The Balaban J connectivity index is 2.16. The van der Waals surface area contributed by atoms with Crippen LogP contribution in [0.3, 0.4) is 0 Å². The minimum atomic E-state index is 0.473. The summed E-state index contributed by atoms with van der Waals surface area (Å²) in [6.45, 7) is 0.773. The molecule has 4 nitrogen and oxygen atoms in total. The highest BCUT2D eigenvalue weighted by atomic mass is 35.5. The smallest absolute Gasteiger partial charge is 0.132 e. The van der Waals surface area contributed by atoms with Crippen LogP contribution in [0.2, 0.25) is 0 Å². The summed E-state index contributed by atoms with van der Waals surface area (Å²) in [5.74, 6) is 1.40. The molecule has 2 aromatic heterocycles. The summed E-state index contributed by atoms with van der Waals surface area (Å²) in [5.41, 5.74) is 2.20. The highest BCUT2D eigenvalue weighted by Gasteiger charge is 2.09. The predicted octanol–water partition coefficient (Wildman–Crippen LogP) is 2.19. The number of nitrogens with zero attached hydrogens (tertiary/aromatic N) is 4. The first-order valence-electron chi connectivity index (χ1n) is 5.39. The van der Waals surface area contributed by atoms with Gasteiger partial charge in [0.05, 0.1) is 12.1 Å². The van der Waals surface area contributed by atoms with Gasteiger partial charge in [-0.1, -0.05) is 6.07 Å². The van der Waals surface area contributed by atoms with E-state index in [1.54, 1.807) is 10.9 Å². The third-order valence-corrected chi connectivity index (χ3v) is 2.84. The van der Waals surface area contributed by atoms with Gasteiger partial charge in [0.15, 0.2) is 0 Å². The number of rotatable bonds is 4. The number of pyridine rings is 1. The van der Waals surface area contributed by atoms with Gasteiger partial charge in [0.1, 0.15) is 5.82 Å². The summed E-state index contributed by atoms with van der Waals surface area (Å²) in [5, 5.41) is 4.15. The number of anilines is 1. The SMILES string of the molecule is CN(Cc1cnn(C)c1)c1ncccc1CCl. The van der Waals surface area contributed by atoms with E-state index in [-0.39, 0.29) is 0 Å². The van der Waals surface area contributed by atoms with Gasteiger partial charge in [-0.15, -0.1) is 11.6 Å². The summed E-state index contributed by atoms with van der Waals surface area (Å²) in [6, 6.07) is 3.90. The summed E-state index contributed by atoms with van der Waals surface area (Å²) in [6.07, 6.45) is 5.64. The molecule has 5 heteroatoms. The van der Waals surface area contributed by atoms with Crippen molar-refractivity contribution in [1.29, 1.82) is 0 Å². The minimum Gasteiger partial charge on any atom is -0.355 e. The Morgan fingerprint density at radius 1 is 1.47 bits per heavy atom. The normalized spacial score (nSPS) is 10.5. The first kappa shape index (κ1) is 11.9. The van der Waals surface area contributed by atoms with E-state index in [1.165, 1.54) is 0 Å². The van der Waals surface area contributed by atoms with Crippen LogP contribution < -0.4 is 4.90 Å². The zero-order valence-corrected chi connectivity index (χ0v) is 10.7. The standard InChI is InChI=1S/C12H15ClN4/c1-16(8-10-7-15-17(2)9-10)12-11(6-13)4-3-5-14-12/h3-5,7,9H,6,8H2,1-2H3. The van der Waals surface area contributed by atoms with Gasteiger partial charge < -0.3 is 4.90 Å². The lowest BCUT2D eigenvalue weighted by Crippen LogP contribution is -2.18. The summed E-state index contributed by atoms with van der Waals surface area (Å²) in [7, 11) is 3.92. The lowest BCUT2D eigenvalue weighted by molar-refractivity contribution is 0.766. The predicted molar refractivity (Wildman–Crippen MR) is 69.1 cm³/mol. The van der Waals surface area contributed by atoms with Gasteiger partial charge in [0.25, 0.3) is 0 Å². The molecule has 0 saturated carbocycles. The van der Waals surface area contributed by atoms with E-state index >= 15 is 0 Å². The maximum Gasteiger partial charge on any atom is 0.132 e. The van der Waals surface area contributed by atoms with Crippen molar-refractivity contribution >= 4 is 17.4 Å². The first-order chi connectivity index (χ1) is 8.20. The van der Waals surface area contributed by atoms with Crippen LogP contribution in [-0.4, -0.2) is 21.8 Å². The Morgan fingerprint density at radius 2 is 2.29 bits per heavy atom. The van der Waals surface area contributed by atoms with Crippen LogP contribution in [0.25, 0.3) is 0 Å². The van der Waals surface area contributed by atoms with Crippen LogP contribution in [0.5, 0.6) is 0 Å². The Kier molecular flexibility index (Phi) is 3.64. The molecule has 2 aromatic rings. The third-order valence-electron chi connectivity index (χ3n) is 2.55. The van der Waals surface area contributed by atoms with Crippen molar-refractivity contribution in [3.8, 4) is 0 Å². The molecule has 0 aliphatic heterocycles. The summed E-state index contributed by atoms with van der Waals surface area (Å²) >= 11 is 5.90. The van der Waals surface area contributed by atoms with Gasteiger partial charge >= 0.3 is 0 Å². The molecule has 0 aromatic carbocycles. The zero-order valence-electron chi connectivity index (χ0n) is 9.97.